The predicted molar refractivity (Wildman–Crippen MR) is 94.4 cm³/mol. The summed E-state index contributed by atoms with van der Waals surface area (Å²) in [7, 11) is -4.16. The molecule has 0 bridgehead atoms. The molecular formula is C17H20F4N4O3S. The Labute approximate surface area is 165 Å². The van der Waals surface area contributed by atoms with Gasteiger partial charge in [-0.05, 0) is 36.6 Å². The van der Waals surface area contributed by atoms with Gasteiger partial charge in [-0.25, -0.2) is 21.9 Å². The summed E-state index contributed by atoms with van der Waals surface area (Å²) in [5.41, 5.74) is 0.244. The summed E-state index contributed by atoms with van der Waals surface area (Å²) < 4.78 is 87.0. The Balaban J connectivity index is 1.82. The molecule has 1 aromatic carbocycles. The van der Waals surface area contributed by atoms with Crippen molar-refractivity contribution < 1.29 is 30.7 Å². The maximum atomic E-state index is 14.2. The third kappa shape index (κ3) is 5.24. The van der Waals surface area contributed by atoms with Gasteiger partial charge in [0.1, 0.15) is 18.4 Å². The monoisotopic (exact) mass is 436 g/mol. The van der Waals surface area contributed by atoms with Gasteiger partial charge in [0.15, 0.2) is 0 Å². The summed E-state index contributed by atoms with van der Waals surface area (Å²) in [6.45, 7) is -1.39. The molecule has 1 aliphatic rings. The molecule has 1 N–H and O–H groups in total. The fourth-order valence-corrected chi connectivity index (χ4v) is 5.09. The third-order valence-electron chi connectivity index (χ3n) is 4.74. The fraction of sp³-hybridized carbons (Fsp3) is 0.529. The molecule has 0 amide bonds. The number of hydrogen-bond donors (Lipinski definition) is 1. The lowest BCUT2D eigenvalue weighted by Crippen LogP contribution is -2.45. The van der Waals surface area contributed by atoms with Crippen LogP contribution in [0.25, 0.3) is 0 Å². The molecule has 0 radical (unpaired) electrons. The van der Waals surface area contributed by atoms with E-state index >= 15 is 0 Å². The maximum Gasteiger partial charge on any atom is 0.387 e. The first-order valence-corrected chi connectivity index (χ1v) is 10.4. The zero-order valence-corrected chi connectivity index (χ0v) is 16.3. The van der Waals surface area contributed by atoms with Gasteiger partial charge in [-0.3, -0.25) is 0 Å². The molecule has 2 aromatic rings. The van der Waals surface area contributed by atoms with Crippen LogP contribution in [0.4, 0.5) is 17.6 Å². The Morgan fingerprint density at radius 2 is 1.97 bits per heavy atom. The van der Waals surface area contributed by atoms with E-state index in [2.05, 4.69) is 19.7 Å². The largest absolute Gasteiger partial charge is 0.435 e. The Kier molecular flexibility index (Phi) is 6.13. The van der Waals surface area contributed by atoms with E-state index in [0.29, 0.717) is 0 Å². The molecule has 3 rings (SSSR count). The number of hydrogen-bond acceptors (Lipinski definition) is 5. The number of sulfonamides is 1. The number of nitrogens with zero attached hydrogens (tertiary/aromatic N) is 3. The fourth-order valence-electron chi connectivity index (χ4n) is 3.55. The highest BCUT2D eigenvalue weighted by Crippen LogP contribution is 2.39. The van der Waals surface area contributed by atoms with E-state index < -0.39 is 47.5 Å². The van der Waals surface area contributed by atoms with E-state index in [1.165, 1.54) is 23.3 Å². The molecule has 1 fully saturated rings. The van der Waals surface area contributed by atoms with Gasteiger partial charge in [-0.15, -0.1) is 10.2 Å². The first-order valence-electron chi connectivity index (χ1n) is 8.91. The standard InChI is InChI=1S/C17H20F4N4O3S/c1-2-11-5-14(28-16(18)19)3-4-15(11)29(26,27)24-12-6-13(8-17(20,21)7-12)25-9-22-23-10-25/h3-5,9-10,12-13,16,24H,2,6-8H2,1H3/t12-,13+/m1/s1. The number of ether oxygens (including phenoxy) is 1. The van der Waals surface area contributed by atoms with E-state index in [1.807, 2.05) is 0 Å². The first-order chi connectivity index (χ1) is 13.6. The van der Waals surface area contributed by atoms with Crippen LogP contribution in [0.5, 0.6) is 5.75 Å². The number of halogens is 4. The minimum atomic E-state index is -4.16. The van der Waals surface area contributed by atoms with Crippen LogP contribution in [0.1, 0.15) is 37.8 Å². The molecule has 1 heterocycles. The maximum absolute atomic E-state index is 14.2. The van der Waals surface area contributed by atoms with Gasteiger partial charge in [0.05, 0.1) is 4.90 Å². The van der Waals surface area contributed by atoms with Crippen LogP contribution in [0.15, 0.2) is 35.7 Å². The second-order valence-corrected chi connectivity index (χ2v) is 8.57. The van der Waals surface area contributed by atoms with Crippen LogP contribution in [0.2, 0.25) is 0 Å². The van der Waals surface area contributed by atoms with Crippen molar-refractivity contribution in [2.24, 2.45) is 0 Å². The second-order valence-electron chi connectivity index (χ2n) is 6.88. The van der Waals surface area contributed by atoms with Gasteiger partial charge < -0.3 is 9.30 Å². The van der Waals surface area contributed by atoms with Crippen LogP contribution in [0.3, 0.4) is 0 Å². The van der Waals surface area contributed by atoms with E-state index in [9.17, 15) is 26.0 Å². The van der Waals surface area contributed by atoms with E-state index in [1.54, 1.807) is 6.92 Å². The lowest BCUT2D eigenvalue weighted by molar-refractivity contribution is -0.0577. The molecule has 0 saturated heterocycles. The van der Waals surface area contributed by atoms with Crippen LogP contribution < -0.4 is 9.46 Å². The van der Waals surface area contributed by atoms with E-state index in [-0.39, 0.29) is 29.1 Å². The number of alkyl halides is 4. The second kappa shape index (κ2) is 8.27. The molecular weight excluding hydrogens is 416 g/mol. The molecule has 1 aliphatic carbocycles. The van der Waals surface area contributed by atoms with Gasteiger partial charge in [0.2, 0.25) is 10.0 Å². The summed E-state index contributed by atoms with van der Waals surface area (Å²) in [5, 5.41) is 7.22. The molecule has 2 atom stereocenters. The molecule has 1 aromatic heterocycles. The summed E-state index contributed by atoms with van der Waals surface area (Å²) in [5.74, 6) is -3.24. The average Bonchev–Trinajstić information content (AvgIpc) is 3.13. The average molecular weight is 436 g/mol. The van der Waals surface area contributed by atoms with Crippen molar-refractivity contribution in [3.05, 3.63) is 36.4 Å². The molecule has 0 spiro atoms. The zero-order valence-electron chi connectivity index (χ0n) is 15.4. The van der Waals surface area contributed by atoms with Crippen LogP contribution in [-0.2, 0) is 16.4 Å². The Bertz CT molecular complexity index is 938. The smallest absolute Gasteiger partial charge is 0.387 e. The zero-order chi connectivity index (χ0) is 21.2. The molecule has 12 heteroatoms. The van der Waals surface area contributed by atoms with E-state index in [4.69, 9.17) is 0 Å². The number of aryl methyl sites for hydroxylation is 1. The SMILES string of the molecule is CCc1cc(OC(F)F)ccc1S(=O)(=O)N[C@@H]1C[C@H](n2cnnc2)CC(F)(F)C1. The minimum Gasteiger partial charge on any atom is -0.435 e. The number of aromatic nitrogens is 3. The van der Waals surface area contributed by atoms with Crippen LogP contribution >= 0.6 is 0 Å². The van der Waals surface area contributed by atoms with Crippen molar-refractivity contribution >= 4 is 10.0 Å². The predicted octanol–water partition coefficient (Wildman–Crippen LogP) is 3.15. The van der Waals surface area contributed by atoms with E-state index in [0.717, 1.165) is 12.1 Å². The van der Waals surface area contributed by atoms with Gasteiger partial charge >= 0.3 is 6.61 Å². The molecule has 1 saturated carbocycles. The minimum absolute atomic E-state index is 0.140. The van der Waals surface area contributed by atoms with Gasteiger partial charge in [0, 0.05) is 24.9 Å². The Morgan fingerprint density at radius 1 is 1.28 bits per heavy atom. The first kappa shape index (κ1) is 21.5. The lowest BCUT2D eigenvalue weighted by Gasteiger charge is -2.35. The van der Waals surface area contributed by atoms with Crippen molar-refractivity contribution in [2.75, 3.05) is 0 Å². The third-order valence-corrected chi connectivity index (χ3v) is 6.36. The summed E-state index contributed by atoms with van der Waals surface area (Å²) >= 11 is 0. The number of nitrogens with one attached hydrogen (secondary N) is 1. The lowest BCUT2D eigenvalue weighted by atomic mass is 9.88. The van der Waals surface area contributed by atoms with Crippen molar-refractivity contribution in [1.82, 2.24) is 19.5 Å². The van der Waals surface area contributed by atoms with Gasteiger partial charge in [-0.2, -0.15) is 8.78 Å². The van der Waals surface area contributed by atoms with Crippen molar-refractivity contribution in [1.29, 1.82) is 0 Å². The summed E-state index contributed by atoms with van der Waals surface area (Å²) in [6, 6.07) is 1.77. The quantitative estimate of drug-likeness (QED) is 0.674. The molecule has 0 unspecified atom stereocenters. The summed E-state index contributed by atoms with van der Waals surface area (Å²) in [6.07, 6.45) is 1.91. The normalized spacial score (nSPS) is 22.0. The van der Waals surface area contributed by atoms with Crippen LogP contribution in [0, 0.1) is 0 Å². The Hall–Kier alpha value is -2.21. The highest BCUT2D eigenvalue weighted by molar-refractivity contribution is 7.89. The van der Waals surface area contributed by atoms with Crippen molar-refractivity contribution in [3.8, 4) is 5.75 Å². The Morgan fingerprint density at radius 3 is 2.59 bits per heavy atom. The highest BCUT2D eigenvalue weighted by atomic mass is 32.2. The summed E-state index contributed by atoms with van der Waals surface area (Å²) in [4.78, 5) is -0.156. The van der Waals surface area contributed by atoms with Crippen LogP contribution in [-0.4, -0.2) is 41.8 Å². The van der Waals surface area contributed by atoms with Crippen molar-refractivity contribution in [2.45, 2.75) is 62.1 Å². The highest BCUT2D eigenvalue weighted by Gasteiger charge is 2.43. The van der Waals surface area contributed by atoms with Crippen molar-refractivity contribution in [3.63, 3.8) is 0 Å². The molecule has 160 valence electrons. The van der Waals surface area contributed by atoms with Gasteiger partial charge in [0.25, 0.3) is 5.92 Å². The molecule has 7 nitrogen and oxygen atoms in total. The molecule has 0 aliphatic heterocycles. The topological polar surface area (TPSA) is 86.1 Å². The number of rotatable bonds is 7. The molecule has 29 heavy (non-hydrogen) atoms. The van der Waals surface area contributed by atoms with Gasteiger partial charge in [-0.1, -0.05) is 6.92 Å². The number of benzene rings is 1.